The molecule has 0 bridgehead atoms. The third-order valence-electron chi connectivity index (χ3n) is 3.86. The van der Waals surface area contributed by atoms with Crippen LogP contribution in [-0.2, 0) is 9.53 Å². The molecule has 2 N–H and O–H groups in total. The van der Waals surface area contributed by atoms with Gasteiger partial charge in [-0.3, -0.25) is 9.59 Å². The number of methoxy groups -OCH3 is 1. The third-order valence-corrected chi connectivity index (χ3v) is 3.86. The van der Waals surface area contributed by atoms with E-state index in [1.807, 2.05) is 30.3 Å². The van der Waals surface area contributed by atoms with Gasteiger partial charge in [-0.25, -0.2) is 0 Å². The van der Waals surface area contributed by atoms with E-state index in [9.17, 15) is 9.59 Å². The van der Waals surface area contributed by atoms with Gasteiger partial charge in [-0.1, -0.05) is 18.2 Å². The van der Waals surface area contributed by atoms with Gasteiger partial charge in [-0.05, 0) is 30.9 Å². The molecular formula is C16H22N2O3. The van der Waals surface area contributed by atoms with E-state index in [0.717, 1.165) is 6.42 Å². The van der Waals surface area contributed by atoms with E-state index in [1.165, 1.54) is 7.11 Å². The number of carbonyl (C=O) groups is 2. The Balaban J connectivity index is 1.97. The summed E-state index contributed by atoms with van der Waals surface area (Å²) in [6.45, 7) is 1.22. The second-order valence-corrected chi connectivity index (χ2v) is 5.55. The van der Waals surface area contributed by atoms with Crippen LogP contribution in [0.1, 0.15) is 29.6 Å². The Morgan fingerprint density at radius 1 is 1.29 bits per heavy atom. The summed E-state index contributed by atoms with van der Waals surface area (Å²) >= 11 is 0. The van der Waals surface area contributed by atoms with Gasteiger partial charge in [0.15, 0.2) is 0 Å². The van der Waals surface area contributed by atoms with Crippen molar-refractivity contribution < 1.29 is 14.3 Å². The van der Waals surface area contributed by atoms with Gasteiger partial charge in [0.25, 0.3) is 5.91 Å². The van der Waals surface area contributed by atoms with E-state index >= 15 is 0 Å². The number of nitrogens with zero attached hydrogens (tertiary/aromatic N) is 1. The normalized spacial score (nSPS) is 21.9. The number of hydrogen-bond donors (Lipinski definition) is 1. The van der Waals surface area contributed by atoms with Crippen molar-refractivity contribution in [2.24, 2.45) is 11.7 Å². The van der Waals surface area contributed by atoms with Gasteiger partial charge in [-0.15, -0.1) is 0 Å². The third kappa shape index (κ3) is 4.29. The maximum Gasteiger partial charge on any atom is 0.305 e. The van der Waals surface area contributed by atoms with E-state index in [2.05, 4.69) is 4.74 Å². The molecule has 1 heterocycles. The molecule has 21 heavy (non-hydrogen) atoms. The highest BCUT2D eigenvalue weighted by atomic mass is 16.5. The summed E-state index contributed by atoms with van der Waals surface area (Å²) in [6.07, 6.45) is 1.93. The first kappa shape index (κ1) is 15.5. The highest BCUT2D eigenvalue weighted by Crippen LogP contribution is 2.22. The number of esters is 1. The molecule has 1 aliphatic rings. The lowest BCUT2D eigenvalue weighted by Crippen LogP contribution is -2.49. The van der Waals surface area contributed by atoms with Gasteiger partial charge < -0.3 is 15.4 Å². The summed E-state index contributed by atoms with van der Waals surface area (Å²) in [7, 11) is 1.39. The zero-order valence-corrected chi connectivity index (χ0v) is 12.3. The highest BCUT2D eigenvalue weighted by molar-refractivity contribution is 5.94. The first-order chi connectivity index (χ1) is 10.1. The maximum absolute atomic E-state index is 12.5. The van der Waals surface area contributed by atoms with Crippen LogP contribution >= 0.6 is 0 Å². The van der Waals surface area contributed by atoms with Gasteiger partial charge in [0, 0.05) is 31.1 Å². The molecule has 1 aromatic rings. The van der Waals surface area contributed by atoms with Crippen LogP contribution in [0, 0.1) is 5.92 Å². The minimum absolute atomic E-state index is 0.00816. The molecule has 1 amide bonds. The SMILES string of the molecule is COC(=O)CCC1CC(N)CN(C(=O)c2ccccc2)C1. The van der Waals surface area contributed by atoms with Crippen LogP contribution in [0.2, 0.25) is 0 Å². The Labute approximate surface area is 125 Å². The predicted molar refractivity (Wildman–Crippen MR) is 79.7 cm³/mol. The summed E-state index contributed by atoms with van der Waals surface area (Å²) < 4.78 is 4.66. The second kappa shape index (κ2) is 7.22. The van der Waals surface area contributed by atoms with E-state index in [1.54, 1.807) is 4.90 Å². The van der Waals surface area contributed by atoms with Crippen molar-refractivity contribution in [3.05, 3.63) is 35.9 Å². The number of carbonyl (C=O) groups excluding carboxylic acids is 2. The number of ether oxygens (including phenoxy) is 1. The van der Waals surface area contributed by atoms with Crippen molar-refractivity contribution in [2.45, 2.75) is 25.3 Å². The highest BCUT2D eigenvalue weighted by Gasteiger charge is 2.28. The van der Waals surface area contributed by atoms with Gasteiger partial charge in [0.05, 0.1) is 7.11 Å². The number of rotatable bonds is 4. The molecule has 2 rings (SSSR count). The topological polar surface area (TPSA) is 72.6 Å². The molecule has 1 saturated heterocycles. The van der Waals surface area contributed by atoms with Crippen LogP contribution in [0.25, 0.3) is 0 Å². The van der Waals surface area contributed by atoms with E-state index in [-0.39, 0.29) is 23.8 Å². The molecule has 1 fully saturated rings. The Hall–Kier alpha value is -1.88. The van der Waals surface area contributed by atoms with Crippen molar-refractivity contribution in [3.8, 4) is 0 Å². The van der Waals surface area contributed by atoms with Crippen LogP contribution in [-0.4, -0.2) is 43.0 Å². The fourth-order valence-electron chi connectivity index (χ4n) is 2.81. The summed E-state index contributed by atoms with van der Waals surface area (Å²) in [5.74, 6) is 0.0458. The lowest BCUT2D eigenvalue weighted by atomic mass is 9.90. The Kier molecular flexibility index (Phi) is 5.33. The largest absolute Gasteiger partial charge is 0.469 e. The number of piperidine rings is 1. The molecule has 2 atom stereocenters. The molecule has 114 valence electrons. The van der Waals surface area contributed by atoms with Crippen molar-refractivity contribution >= 4 is 11.9 Å². The Morgan fingerprint density at radius 3 is 2.67 bits per heavy atom. The molecule has 0 saturated carbocycles. The average molecular weight is 290 g/mol. The standard InChI is InChI=1S/C16H22N2O3/c1-21-15(19)8-7-12-9-14(17)11-18(10-12)16(20)13-5-3-2-4-6-13/h2-6,12,14H,7-11,17H2,1H3. The molecule has 2 unspecified atom stereocenters. The fraction of sp³-hybridized carbons (Fsp3) is 0.500. The number of amides is 1. The maximum atomic E-state index is 12.5. The Bertz CT molecular complexity index is 490. The fourth-order valence-corrected chi connectivity index (χ4v) is 2.81. The molecule has 5 heteroatoms. The average Bonchev–Trinajstić information content (AvgIpc) is 2.52. The minimum atomic E-state index is -0.213. The van der Waals surface area contributed by atoms with Crippen LogP contribution in [0.5, 0.6) is 0 Å². The van der Waals surface area contributed by atoms with Crippen LogP contribution in [0.4, 0.5) is 0 Å². The first-order valence-electron chi connectivity index (χ1n) is 7.27. The lowest BCUT2D eigenvalue weighted by molar-refractivity contribution is -0.141. The predicted octanol–water partition coefficient (Wildman–Crippen LogP) is 1.43. The van der Waals surface area contributed by atoms with Crippen LogP contribution in [0.3, 0.4) is 0 Å². The van der Waals surface area contributed by atoms with Gasteiger partial charge >= 0.3 is 5.97 Å². The van der Waals surface area contributed by atoms with E-state index in [4.69, 9.17) is 5.73 Å². The number of hydrogen-bond acceptors (Lipinski definition) is 4. The molecule has 5 nitrogen and oxygen atoms in total. The molecule has 0 aromatic heterocycles. The zero-order chi connectivity index (χ0) is 15.2. The number of likely N-dealkylation sites (tertiary alicyclic amines) is 1. The van der Waals surface area contributed by atoms with Crippen molar-refractivity contribution in [2.75, 3.05) is 20.2 Å². The molecular weight excluding hydrogens is 268 g/mol. The number of nitrogens with two attached hydrogens (primary N) is 1. The monoisotopic (exact) mass is 290 g/mol. The van der Waals surface area contributed by atoms with E-state index in [0.29, 0.717) is 31.5 Å². The van der Waals surface area contributed by atoms with Gasteiger partial charge in [-0.2, -0.15) is 0 Å². The summed E-state index contributed by atoms with van der Waals surface area (Å²) in [6, 6.07) is 9.18. The van der Waals surface area contributed by atoms with Crippen molar-refractivity contribution in [1.82, 2.24) is 4.90 Å². The van der Waals surface area contributed by atoms with Crippen molar-refractivity contribution in [3.63, 3.8) is 0 Å². The van der Waals surface area contributed by atoms with Gasteiger partial charge in [0.1, 0.15) is 0 Å². The number of benzene rings is 1. The first-order valence-corrected chi connectivity index (χ1v) is 7.27. The van der Waals surface area contributed by atoms with Gasteiger partial charge in [0.2, 0.25) is 0 Å². The zero-order valence-electron chi connectivity index (χ0n) is 12.3. The molecule has 0 spiro atoms. The Morgan fingerprint density at radius 2 is 2.00 bits per heavy atom. The molecule has 1 aliphatic heterocycles. The second-order valence-electron chi connectivity index (χ2n) is 5.55. The summed E-state index contributed by atoms with van der Waals surface area (Å²) in [5.41, 5.74) is 6.74. The molecule has 0 aliphatic carbocycles. The minimum Gasteiger partial charge on any atom is -0.469 e. The van der Waals surface area contributed by atoms with Crippen LogP contribution < -0.4 is 5.73 Å². The van der Waals surface area contributed by atoms with Crippen molar-refractivity contribution in [1.29, 1.82) is 0 Å². The lowest BCUT2D eigenvalue weighted by Gasteiger charge is -2.36. The smallest absolute Gasteiger partial charge is 0.305 e. The molecule has 1 aromatic carbocycles. The summed E-state index contributed by atoms with van der Waals surface area (Å²) in [4.78, 5) is 25.5. The van der Waals surface area contributed by atoms with E-state index < -0.39 is 0 Å². The quantitative estimate of drug-likeness (QED) is 0.851. The van der Waals surface area contributed by atoms with Crippen LogP contribution in [0.15, 0.2) is 30.3 Å². The summed E-state index contributed by atoms with van der Waals surface area (Å²) in [5, 5.41) is 0. The molecule has 0 radical (unpaired) electrons.